The van der Waals surface area contributed by atoms with Crippen molar-refractivity contribution in [2.75, 3.05) is 19.7 Å². The molecule has 1 heterocycles. The number of hydrogen-bond donors (Lipinski definition) is 1. The molecule has 0 unspecified atom stereocenters. The minimum atomic E-state index is 0.0535. The van der Waals surface area contributed by atoms with Gasteiger partial charge in [-0.25, -0.2) is 0 Å². The molecular formula is C15H22N2O2. The third-order valence-corrected chi connectivity index (χ3v) is 3.60. The number of nitrogens with zero attached hydrogens (tertiary/aromatic N) is 1. The number of carbonyl (C=O) groups is 1. The first-order chi connectivity index (χ1) is 9.20. The molecule has 19 heavy (non-hydrogen) atoms. The number of amides is 1. The summed E-state index contributed by atoms with van der Waals surface area (Å²) in [7, 11) is 0. The van der Waals surface area contributed by atoms with E-state index in [1.807, 2.05) is 29.2 Å². The molecule has 0 aliphatic carbocycles. The van der Waals surface area contributed by atoms with Crippen molar-refractivity contribution in [3.63, 3.8) is 0 Å². The Balaban J connectivity index is 1.86. The number of aryl methyl sites for hydroxylation is 1. The van der Waals surface area contributed by atoms with Crippen molar-refractivity contribution in [3.05, 3.63) is 29.8 Å². The Labute approximate surface area is 114 Å². The standard InChI is InChI=1S/C15H22N2O2/c1-2-12-5-3-4-6-14(12)19-11-15(18)17-9-7-13(16)8-10-17/h3-6,13H,2,7-11,16H2,1H3. The van der Waals surface area contributed by atoms with Gasteiger partial charge in [0, 0.05) is 19.1 Å². The molecule has 2 rings (SSSR count). The quantitative estimate of drug-likeness (QED) is 0.896. The summed E-state index contributed by atoms with van der Waals surface area (Å²) in [5.41, 5.74) is 6.97. The Morgan fingerprint density at radius 3 is 2.74 bits per heavy atom. The Hall–Kier alpha value is -1.55. The predicted molar refractivity (Wildman–Crippen MR) is 75.1 cm³/mol. The van der Waals surface area contributed by atoms with Crippen LogP contribution in [0.2, 0.25) is 0 Å². The highest BCUT2D eigenvalue weighted by atomic mass is 16.5. The third kappa shape index (κ3) is 3.70. The molecule has 1 aliphatic heterocycles. The number of para-hydroxylation sites is 1. The molecular weight excluding hydrogens is 240 g/mol. The molecule has 104 valence electrons. The van der Waals surface area contributed by atoms with E-state index in [0.717, 1.165) is 43.7 Å². The smallest absolute Gasteiger partial charge is 0.260 e. The number of rotatable bonds is 4. The molecule has 4 nitrogen and oxygen atoms in total. The zero-order valence-electron chi connectivity index (χ0n) is 11.5. The first-order valence-electron chi connectivity index (χ1n) is 6.94. The first-order valence-corrected chi connectivity index (χ1v) is 6.94. The first kappa shape index (κ1) is 13.9. The zero-order chi connectivity index (χ0) is 13.7. The van der Waals surface area contributed by atoms with Crippen molar-refractivity contribution in [2.45, 2.75) is 32.2 Å². The molecule has 2 N–H and O–H groups in total. The van der Waals surface area contributed by atoms with Gasteiger partial charge in [-0.2, -0.15) is 0 Å². The van der Waals surface area contributed by atoms with E-state index < -0.39 is 0 Å². The van der Waals surface area contributed by atoms with E-state index in [9.17, 15) is 4.79 Å². The summed E-state index contributed by atoms with van der Waals surface area (Å²) in [6, 6.07) is 8.10. The lowest BCUT2D eigenvalue weighted by Gasteiger charge is -2.30. The molecule has 0 saturated carbocycles. The van der Waals surface area contributed by atoms with E-state index >= 15 is 0 Å². The second-order valence-corrected chi connectivity index (χ2v) is 4.97. The number of nitrogens with two attached hydrogens (primary N) is 1. The molecule has 4 heteroatoms. The lowest BCUT2D eigenvalue weighted by Crippen LogP contribution is -2.44. The van der Waals surface area contributed by atoms with Gasteiger partial charge in [0.15, 0.2) is 6.61 Å². The Morgan fingerprint density at radius 2 is 2.05 bits per heavy atom. The second-order valence-electron chi connectivity index (χ2n) is 4.97. The van der Waals surface area contributed by atoms with Crippen LogP contribution in [0.5, 0.6) is 5.75 Å². The molecule has 1 fully saturated rings. The molecule has 0 spiro atoms. The number of likely N-dealkylation sites (tertiary alicyclic amines) is 1. The van der Waals surface area contributed by atoms with Crippen molar-refractivity contribution in [1.82, 2.24) is 4.90 Å². The number of hydrogen-bond acceptors (Lipinski definition) is 3. The highest BCUT2D eigenvalue weighted by Gasteiger charge is 2.20. The van der Waals surface area contributed by atoms with Gasteiger partial charge in [-0.15, -0.1) is 0 Å². The summed E-state index contributed by atoms with van der Waals surface area (Å²) >= 11 is 0. The fourth-order valence-corrected chi connectivity index (χ4v) is 2.32. The average Bonchev–Trinajstić information content (AvgIpc) is 2.45. The van der Waals surface area contributed by atoms with Gasteiger partial charge in [0.25, 0.3) is 5.91 Å². The molecule has 1 aliphatic rings. The molecule has 1 aromatic rings. The minimum Gasteiger partial charge on any atom is -0.483 e. The maximum atomic E-state index is 12.0. The Bertz CT molecular complexity index is 426. The van der Waals surface area contributed by atoms with Gasteiger partial charge in [0.05, 0.1) is 0 Å². The number of piperidine rings is 1. The third-order valence-electron chi connectivity index (χ3n) is 3.60. The van der Waals surface area contributed by atoms with Gasteiger partial charge in [-0.05, 0) is 30.9 Å². The maximum Gasteiger partial charge on any atom is 0.260 e. The van der Waals surface area contributed by atoms with Gasteiger partial charge in [0.1, 0.15) is 5.75 Å². The van der Waals surface area contributed by atoms with Crippen LogP contribution in [-0.2, 0) is 11.2 Å². The fraction of sp³-hybridized carbons (Fsp3) is 0.533. The van der Waals surface area contributed by atoms with E-state index in [4.69, 9.17) is 10.5 Å². The van der Waals surface area contributed by atoms with Crippen LogP contribution in [0.25, 0.3) is 0 Å². The number of benzene rings is 1. The highest BCUT2D eigenvalue weighted by Crippen LogP contribution is 2.18. The lowest BCUT2D eigenvalue weighted by atomic mass is 10.1. The van der Waals surface area contributed by atoms with Crippen LogP contribution in [0.3, 0.4) is 0 Å². The molecule has 1 saturated heterocycles. The van der Waals surface area contributed by atoms with Crippen molar-refractivity contribution in [3.8, 4) is 5.75 Å². The highest BCUT2D eigenvalue weighted by molar-refractivity contribution is 5.77. The maximum absolute atomic E-state index is 12.0. The Kier molecular flexibility index (Phi) is 4.80. The van der Waals surface area contributed by atoms with Crippen molar-refractivity contribution >= 4 is 5.91 Å². The van der Waals surface area contributed by atoms with Gasteiger partial charge in [-0.1, -0.05) is 25.1 Å². The SMILES string of the molecule is CCc1ccccc1OCC(=O)N1CCC(N)CC1. The zero-order valence-corrected chi connectivity index (χ0v) is 11.5. The summed E-state index contributed by atoms with van der Waals surface area (Å²) in [6.45, 7) is 3.69. The summed E-state index contributed by atoms with van der Waals surface area (Å²) in [5, 5.41) is 0. The number of ether oxygens (including phenoxy) is 1. The molecule has 0 aromatic heterocycles. The second kappa shape index (κ2) is 6.57. The van der Waals surface area contributed by atoms with Crippen LogP contribution >= 0.6 is 0 Å². The van der Waals surface area contributed by atoms with Gasteiger partial charge in [-0.3, -0.25) is 4.79 Å². The molecule has 1 aromatic carbocycles. The minimum absolute atomic E-state index is 0.0535. The summed E-state index contributed by atoms with van der Waals surface area (Å²) in [4.78, 5) is 13.9. The predicted octanol–water partition coefficient (Wildman–Crippen LogP) is 1.58. The largest absolute Gasteiger partial charge is 0.483 e. The van der Waals surface area contributed by atoms with Crippen LogP contribution in [-0.4, -0.2) is 36.5 Å². The van der Waals surface area contributed by atoms with Gasteiger partial charge < -0.3 is 15.4 Å². The van der Waals surface area contributed by atoms with Crippen molar-refractivity contribution in [2.24, 2.45) is 5.73 Å². The summed E-state index contributed by atoms with van der Waals surface area (Å²) < 4.78 is 5.65. The van der Waals surface area contributed by atoms with Crippen LogP contribution in [0.15, 0.2) is 24.3 Å². The molecule has 1 amide bonds. The topological polar surface area (TPSA) is 55.6 Å². The van der Waals surface area contributed by atoms with Crippen LogP contribution in [0.4, 0.5) is 0 Å². The monoisotopic (exact) mass is 262 g/mol. The van der Waals surface area contributed by atoms with Crippen LogP contribution in [0.1, 0.15) is 25.3 Å². The van der Waals surface area contributed by atoms with Crippen LogP contribution in [0, 0.1) is 0 Å². The normalized spacial score (nSPS) is 16.4. The van der Waals surface area contributed by atoms with Gasteiger partial charge >= 0.3 is 0 Å². The van der Waals surface area contributed by atoms with E-state index in [1.54, 1.807) is 0 Å². The fourth-order valence-electron chi connectivity index (χ4n) is 2.32. The van der Waals surface area contributed by atoms with Gasteiger partial charge in [0.2, 0.25) is 0 Å². The van der Waals surface area contributed by atoms with Crippen molar-refractivity contribution in [1.29, 1.82) is 0 Å². The molecule has 0 atom stereocenters. The van der Waals surface area contributed by atoms with Crippen LogP contribution < -0.4 is 10.5 Å². The molecule has 0 bridgehead atoms. The Morgan fingerprint density at radius 1 is 1.37 bits per heavy atom. The van der Waals surface area contributed by atoms with E-state index in [-0.39, 0.29) is 18.6 Å². The number of carbonyl (C=O) groups excluding carboxylic acids is 1. The average molecular weight is 262 g/mol. The van der Waals surface area contributed by atoms with Crippen molar-refractivity contribution < 1.29 is 9.53 Å². The lowest BCUT2D eigenvalue weighted by molar-refractivity contribution is -0.134. The summed E-state index contributed by atoms with van der Waals surface area (Å²) in [6.07, 6.45) is 2.68. The van der Waals surface area contributed by atoms with E-state index in [2.05, 4.69) is 6.92 Å². The summed E-state index contributed by atoms with van der Waals surface area (Å²) in [5.74, 6) is 0.866. The molecule has 0 radical (unpaired) electrons. The van der Waals surface area contributed by atoms with E-state index in [1.165, 1.54) is 0 Å². The van der Waals surface area contributed by atoms with E-state index in [0.29, 0.717) is 0 Å².